The number of carbonyl (C=O) groups excluding carboxylic acids is 1. The summed E-state index contributed by atoms with van der Waals surface area (Å²) in [4.78, 5) is 17.6. The van der Waals surface area contributed by atoms with Gasteiger partial charge in [-0.3, -0.25) is 9.69 Å². The van der Waals surface area contributed by atoms with Crippen molar-refractivity contribution >= 4 is 5.91 Å². The number of piperidine rings is 1. The van der Waals surface area contributed by atoms with Crippen molar-refractivity contribution in [3.63, 3.8) is 0 Å². The monoisotopic (exact) mass is 265 g/mol. The Hall–Kier alpha value is -0.610. The van der Waals surface area contributed by atoms with E-state index in [9.17, 15) is 4.79 Å². The van der Waals surface area contributed by atoms with Crippen LogP contribution in [0.3, 0.4) is 0 Å². The highest BCUT2D eigenvalue weighted by atomic mass is 16.2. The second kappa shape index (κ2) is 5.41. The Bertz CT molecular complexity index is 338. The quantitative estimate of drug-likeness (QED) is 0.774. The Kier molecular flexibility index (Phi) is 3.81. The largest absolute Gasteiger partial charge is 0.339 e. The van der Waals surface area contributed by atoms with Crippen LogP contribution >= 0.6 is 0 Å². The highest BCUT2D eigenvalue weighted by Gasteiger charge is 2.39. The van der Waals surface area contributed by atoms with Gasteiger partial charge in [-0.1, -0.05) is 0 Å². The first-order valence-corrected chi connectivity index (χ1v) is 7.97. The lowest BCUT2D eigenvalue weighted by Crippen LogP contribution is -2.59. The summed E-state index contributed by atoms with van der Waals surface area (Å²) in [6, 6.07) is 0.624. The molecule has 3 saturated heterocycles. The molecule has 0 bridgehead atoms. The number of fused-ring (bicyclic) bond motifs is 1. The topological polar surface area (TPSA) is 35.6 Å². The first kappa shape index (κ1) is 13.4. The molecule has 3 heterocycles. The molecule has 3 rings (SSSR count). The van der Waals surface area contributed by atoms with E-state index in [4.69, 9.17) is 0 Å². The summed E-state index contributed by atoms with van der Waals surface area (Å²) in [6.45, 7) is 7.41. The summed E-state index contributed by atoms with van der Waals surface area (Å²) in [5, 5.41) is 3.47. The van der Waals surface area contributed by atoms with E-state index in [1.807, 2.05) is 0 Å². The average molecular weight is 265 g/mol. The number of nitrogens with one attached hydrogen (secondary N) is 1. The first-order chi connectivity index (χ1) is 9.19. The van der Waals surface area contributed by atoms with Gasteiger partial charge >= 0.3 is 0 Å². The van der Waals surface area contributed by atoms with E-state index in [1.165, 1.54) is 38.8 Å². The van der Waals surface area contributed by atoms with Gasteiger partial charge in [0.1, 0.15) is 0 Å². The highest BCUT2D eigenvalue weighted by Crippen LogP contribution is 2.25. The number of amides is 1. The fourth-order valence-electron chi connectivity index (χ4n) is 3.98. The smallest absolute Gasteiger partial charge is 0.242 e. The molecule has 0 saturated carbocycles. The maximum atomic E-state index is 12.9. The number of nitrogens with zero attached hydrogens (tertiary/aromatic N) is 2. The molecular formula is C15H27N3O. The maximum Gasteiger partial charge on any atom is 0.242 e. The first-order valence-electron chi connectivity index (χ1n) is 7.97. The summed E-state index contributed by atoms with van der Waals surface area (Å²) in [7, 11) is 0. The zero-order chi connectivity index (χ0) is 13.3. The van der Waals surface area contributed by atoms with E-state index in [0.717, 1.165) is 32.5 Å². The van der Waals surface area contributed by atoms with Crippen LogP contribution < -0.4 is 5.32 Å². The molecule has 2 unspecified atom stereocenters. The molecule has 1 N–H and O–H groups in total. The van der Waals surface area contributed by atoms with Crippen molar-refractivity contribution in [1.29, 1.82) is 0 Å². The van der Waals surface area contributed by atoms with Gasteiger partial charge in [-0.15, -0.1) is 0 Å². The van der Waals surface area contributed by atoms with E-state index in [2.05, 4.69) is 22.0 Å². The SMILES string of the molecule is CC1(C(=O)N2CCCN3CCCC3C2)CCCCN1. The molecule has 0 aromatic heterocycles. The summed E-state index contributed by atoms with van der Waals surface area (Å²) in [5.74, 6) is 0.348. The third-order valence-corrected chi connectivity index (χ3v) is 5.18. The molecule has 4 nitrogen and oxygen atoms in total. The van der Waals surface area contributed by atoms with Crippen LogP contribution in [0.4, 0.5) is 0 Å². The van der Waals surface area contributed by atoms with Crippen molar-refractivity contribution in [3.8, 4) is 0 Å². The van der Waals surface area contributed by atoms with Gasteiger partial charge in [0.25, 0.3) is 0 Å². The molecule has 1 amide bonds. The fraction of sp³-hybridized carbons (Fsp3) is 0.933. The van der Waals surface area contributed by atoms with Crippen LogP contribution in [0.1, 0.15) is 45.4 Å². The zero-order valence-corrected chi connectivity index (χ0v) is 12.2. The van der Waals surface area contributed by atoms with Crippen LogP contribution in [0.15, 0.2) is 0 Å². The summed E-state index contributed by atoms with van der Waals surface area (Å²) >= 11 is 0. The zero-order valence-electron chi connectivity index (χ0n) is 12.2. The minimum Gasteiger partial charge on any atom is -0.339 e. The Balaban J connectivity index is 1.68. The Labute approximate surface area is 116 Å². The third-order valence-electron chi connectivity index (χ3n) is 5.18. The van der Waals surface area contributed by atoms with E-state index >= 15 is 0 Å². The van der Waals surface area contributed by atoms with Gasteiger partial charge < -0.3 is 10.2 Å². The molecule has 3 fully saturated rings. The predicted octanol–water partition coefficient (Wildman–Crippen LogP) is 1.22. The lowest BCUT2D eigenvalue weighted by Gasteiger charge is -2.38. The van der Waals surface area contributed by atoms with Crippen molar-refractivity contribution in [2.24, 2.45) is 0 Å². The molecule has 19 heavy (non-hydrogen) atoms. The van der Waals surface area contributed by atoms with Gasteiger partial charge in [0.2, 0.25) is 5.91 Å². The van der Waals surface area contributed by atoms with E-state index in [1.54, 1.807) is 0 Å². The molecule has 0 spiro atoms. The van der Waals surface area contributed by atoms with Gasteiger partial charge in [-0.25, -0.2) is 0 Å². The van der Waals surface area contributed by atoms with Gasteiger partial charge in [0.15, 0.2) is 0 Å². The van der Waals surface area contributed by atoms with Crippen LogP contribution in [0.2, 0.25) is 0 Å². The Morgan fingerprint density at radius 1 is 1.16 bits per heavy atom. The number of hydrogen-bond donors (Lipinski definition) is 1. The second-order valence-corrected chi connectivity index (χ2v) is 6.65. The van der Waals surface area contributed by atoms with Gasteiger partial charge in [-0.05, 0) is 58.5 Å². The van der Waals surface area contributed by atoms with Crippen molar-refractivity contribution < 1.29 is 4.79 Å². The maximum absolute atomic E-state index is 12.9. The van der Waals surface area contributed by atoms with Crippen molar-refractivity contribution in [3.05, 3.63) is 0 Å². The molecular weight excluding hydrogens is 238 g/mol. The van der Waals surface area contributed by atoms with E-state index in [-0.39, 0.29) is 5.54 Å². The minimum absolute atomic E-state index is 0.300. The molecule has 108 valence electrons. The van der Waals surface area contributed by atoms with Gasteiger partial charge in [0.05, 0.1) is 5.54 Å². The highest BCUT2D eigenvalue weighted by molar-refractivity contribution is 5.86. The molecule has 0 radical (unpaired) electrons. The van der Waals surface area contributed by atoms with Crippen LogP contribution in [-0.4, -0.2) is 60.0 Å². The average Bonchev–Trinajstić information content (AvgIpc) is 2.76. The van der Waals surface area contributed by atoms with Crippen LogP contribution in [-0.2, 0) is 4.79 Å². The number of carbonyl (C=O) groups is 1. The Morgan fingerprint density at radius 3 is 2.79 bits per heavy atom. The molecule has 0 aromatic rings. The molecule has 3 aliphatic rings. The molecule has 0 aromatic carbocycles. The summed E-state index contributed by atoms with van der Waals surface area (Å²) < 4.78 is 0. The van der Waals surface area contributed by atoms with Crippen LogP contribution in [0.5, 0.6) is 0 Å². The van der Waals surface area contributed by atoms with Gasteiger partial charge in [-0.2, -0.15) is 0 Å². The third kappa shape index (κ3) is 2.65. The summed E-state index contributed by atoms with van der Waals surface area (Å²) in [5.41, 5.74) is -0.300. The van der Waals surface area contributed by atoms with E-state index < -0.39 is 0 Å². The van der Waals surface area contributed by atoms with Crippen LogP contribution in [0.25, 0.3) is 0 Å². The molecule has 2 atom stereocenters. The van der Waals surface area contributed by atoms with Crippen molar-refractivity contribution in [2.45, 2.75) is 57.0 Å². The predicted molar refractivity (Wildman–Crippen MR) is 76.1 cm³/mol. The normalized spacial score (nSPS) is 36.9. The van der Waals surface area contributed by atoms with Gasteiger partial charge in [0, 0.05) is 25.7 Å². The summed E-state index contributed by atoms with van der Waals surface area (Å²) in [6.07, 6.45) is 7.10. The molecule has 4 heteroatoms. The van der Waals surface area contributed by atoms with Crippen molar-refractivity contribution in [2.75, 3.05) is 32.7 Å². The van der Waals surface area contributed by atoms with Crippen LogP contribution in [0, 0.1) is 0 Å². The molecule has 0 aliphatic carbocycles. The lowest BCUT2D eigenvalue weighted by molar-refractivity contribution is -0.139. The minimum atomic E-state index is -0.300. The molecule has 3 aliphatic heterocycles. The second-order valence-electron chi connectivity index (χ2n) is 6.65. The fourth-order valence-corrected chi connectivity index (χ4v) is 3.98. The Morgan fingerprint density at radius 2 is 2.00 bits per heavy atom. The number of rotatable bonds is 1. The lowest BCUT2D eigenvalue weighted by atomic mass is 9.89. The number of hydrogen-bond acceptors (Lipinski definition) is 3. The van der Waals surface area contributed by atoms with Crippen molar-refractivity contribution in [1.82, 2.24) is 15.1 Å². The van der Waals surface area contributed by atoms with E-state index in [0.29, 0.717) is 11.9 Å². The standard InChI is InChI=1S/C15H27N3O/c1-15(7-2-3-8-16-15)14(19)18-11-5-10-17-9-4-6-13(17)12-18/h13,16H,2-12H2,1H3.